The molecule has 88 valence electrons. The minimum Gasteiger partial charge on any atom is -0.390 e. The Morgan fingerprint density at radius 3 is 2.47 bits per heavy atom. The lowest BCUT2D eigenvalue weighted by Crippen LogP contribution is -2.50. The first-order valence-corrected chi connectivity index (χ1v) is 5.44. The number of hydrogen-bond donors (Lipinski definition) is 2. The van der Waals surface area contributed by atoms with Crippen molar-refractivity contribution < 1.29 is 9.90 Å². The highest BCUT2D eigenvalue weighted by molar-refractivity contribution is 5.73. The number of carbonyl (C=O) groups excluding carboxylic acids is 1. The number of β-amino-alcohol motifs (C(OH)–C–C–N with tert-alkyl or cyclic N) is 1. The van der Waals surface area contributed by atoms with Crippen molar-refractivity contribution in [3.63, 3.8) is 0 Å². The molecule has 0 saturated carbocycles. The van der Waals surface area contributed by atoms with Gasteiger partial charge in [-0.2, -0.15) is 0 Å². The van der Waals surface area contributed by atoms with Crippen LogP contribution in [-0.2, 0) is 4.79 Å². The maximum Gasteiger partial charge on any atom is 0.219 e. The molecule has 0 aromatic heterocycles. The second kappa shape index (κ2) is 6.05. The van der Waals surface area contributed by atoms with E-state index in [0.29, 0.717) is 13.1 Å². The Bertz CT molecular complexity index is 203. The van der Waals surface area contributed by atoms with E-state index in [1.807, 2.05) is 11.9 Å². The van der Waals surface area contributed by atoms with Crippen molar-refractivity contribution in [1.82, 2.24) is 15.1 Å². The zero-order valence-electron chi connectivity index (χ0n) is 9.57. The van der Waals surface area contributed by atoms with Crippen LogP contribution < -0.4 is 5.32 Å². The standard InChI is InChI=1S/C10H21N3O2/c1-9(14)13-5-3-12(4-6-13)8-10(15)7-11-2/h10-11,15H,3-8H2,1-2H3. The number of hydrogen-bond acceptors (Lipinski definition) is 4. The van der Waals surface area contributed by atoms with Gasteiger partial charge in [0.1, 0.15) is 0 Å². The highest BCUT2D eigenvalue weighted by Gasteiger charge is 2.19. The van der Waals surface area contributed by atoms with E-state index in [1.165, 1.54) is 0 Å². The summed E-state index contributed by atoms with van der Waals surface area (Å²) in [6.07, 6.45) is -0.320. The van der Waals surface area contributed by atoms with E-state index in [9.17, 15) is 9.90 Å². The number of likely N-dealkylation sites (N-methyl/N-ethyl adjacent to an activating group) is 1. The van der Waals surface area contributed by atoms with Crippen LogP contribution in [0.3, 0.4) is 0 Å². The van der Waals surface area contributed by atoms with Crippen molar-refractivity contribution in [2.75, 3.05) is 46.3 Å². The van der Waals surface area contributed by atoms with Crippen LogP contribution in [0.25, 0.3) is 0 Å². The molecule has 0 bridgehead atoms. The average molecular weight is 215 g/mol. The van der Waals surface area contributed by atoms with Crippen molar-refractivity contribution >= 4 is 5.91 Å². The third-order valence-corrected chi connectivity index (χ3v) is 2.73. The molecule has 1 unspecified atom stereocenters. The summed E-state index contributed by atoms with van der Waals surface area (Å²) in [4.78, 5) is 15.1. The summed E-state index contributed by atoms with van der Waals surface area (Å²) in [5, 5.41) is 12.5. The fourth-order valence-corrected chi connectivity index (χ4v) is 1.84. The molecule has 15 heavy (non-hydrogen) atoms. The second-order valence-corrected chi connectivity index (χ2v) is 4.02. The monoisotopic (exact) mass is 215 g/mol. The van der Waals surface area contributed by atoms with Gasteiger partial charge in [0.25, 0.3) is 0 Å². The summed E-state index contributed by atoms with van der Waals surface area (Å²) in [5.41, 5.74) is 0. The van der Waals surface area contributed by atoms with Crippen molar-refractivity contribution in [3.8, 4) is 0 Å². The van der Waals surface area contributed by atoms with E-state index in [-0.39, 0.29) is 12.0 Å². The van der Waals surface area contributed by atoms with Crippen LogP contribution in [0.2, 0.25) is 0 Å². The minimum atomic E-state index is -0.320. The molecule has 2 N–H and O–H groups in total. The topological polar surface area (TPSA) is 55.8 Å². The van der Waals surface area contributed by atoms with Gasteiger partial charge in [-0.3, -0.25) is 9.69 Å². The molecule has 1 heterocycles. The highest BCUT2D eigenvalue weighted by atomic mass is 16.3. The smallest absolute Gasteiger partial charge is 0.219 e. The van der Waals surface area contributed by atoms with Crippen LogP contribution in [0.4, 0.5) is 0 Å². The molecule has 1 fully saturated rings. The van der Waals surface area contributed by atoms with E-state index in [2.05, 4.69) is 10.2 Å². The fourth-order valence-electron chi connectivity index (χ4n) is 1.84. The molecule has 1 atom stereocenters. The molecule has 0 aromatic carbocycles. The number of nitrogens with one attached hydrogen (secondary N) is 1. The normalized spacial score (nSPS) is 20.3. The molecular weight excluding hydrogens is 194 g/mol. The van der Waals surface area contributed by atoms with Gasteiger partial charge in [0.2, 0.25) is 5.91 Å². The summed E-state index contributed by atoms with van der Waals surface area (Å²) in [5.74, 6) is 0.144. The summed E-state index contributed by atoms with van der Waals surface area (Å²) >= 11 is 0. The predicted molar refractivity (Wildman–Crippen MR) is 58.6 cm³/mol. The first kappa shape index (κ1) is 12.4. The summed E-state index contributed by atoms with van der Waals surface area (Å²) in [6, 6.07) is 0. The Balaban J connectivity index is 2.22. The highest BCUT2D eigenvalue weighted by Crippen LogP contribution is 2.02. The maximum atomic E-state index is 11.1. The van der Waals surface area contributed by atoms with Gasteiger partial charge in [-0.25, -0.2) is 0 Å². The molecule has 5 nitrogen and oxygen atoms in total. The molecule has 1 aliphatic rings. The number of nitrogens with zero attached hydrogens (tertiary/aromatic N) is 2. The van der Waals surface area contributed by atoms with Gasteiger partial charge in [-0.05, 0) is 7.05 Å². The lowest BCUT2D eigenvalue weighted by molar-refractivity contribution is -0.130. The molecule has 5 heteroatoms. The Kier molecular flexibility index (Phi) is 5.01. The van der Waals surface area contributed by atoms with E-state index in [0.717, 1.165) is 26.2 Å². The summed E-state index contributed by atoms with van der Waals surface area (Å²) in [6.45, 7) is 6.19. The van der Waals surface area contributed by atoms with E-state index >= 15 is 0 Å². The SMILES string of the molecule is CNCC(O)CN1CCN(C(C)=O)CC1. The minimum absolute atomic E-state index is 0.144. The molecule has 0 spiro atoms. The number of aliphatic hydroxyl groups is 1. The molecule has 0 radical (unpaired) electrons. The Labute approximate surface area is 91.0 Å². The third-order valence-electron chi connectivity index (χ3n) is 2.73. The fraction of sp³-hybridized carbons (Fsp3) is 0.900. The number of piperazine rings is 1. The first-order valence-electron chi connectivity index (χ1n) is 5.44. The van der Waals surface area contributed by atoms with Crippen molar-refractivity contribution in [3.05, 3.63) is 0 Å². The van der Waals surface area contributed by atoms with Gasteiger partial charge >= 0.3 is 0 Å². The second-order valence-electron chi connectivity index (χ2n) is 4.02. The van der Waals surface area contributed by atoms with Gasteiger partial charge in [-0.15, -0.1) is 0 Å². The Morgan fingerprint density at radius 1 is 1.40 bits per heavy atom. The van der Waals surface area contributed by atoms with Gasteiger partial charge in [0.05, 0.1) is 6.10 Å². The van der Waals surface area contributed by atoms with Crippen molar-refractivity contribution in [1.29, 1.82) is 0 Å². The van der Waals surface area contributed by atoms with E-state index in [1.54, 1.807) is 6.92 Å². The number of rotatable bonds is 4. The number of carbonyl (C=O) groups is 1. The zero-order chi connectivity index (χ0) is 11.3. The zero-order valence-corrected chi connectivity index (χ0v) is 9.57. The Morgan fingerprint density at radius 2 is 2.00 bits per heavy atom. The molecule has 0 aromatic rings. The van der Waals surface area contributed by atoms with Gasteiger partial charge in [-0.1, -0.05) is 0 Å². The van der Waals surface area contributed by atoms with Crippen molar-refractivity contribution in [2.24, 2.45) is 0 Å². The quantitative estimate of drug-likeness (QED) is 0.614. The predicted octanol–water partition coefficient (Wildman–Crippen LogP) is -1.27. The molecule has 1 rings (SSSR count). The van der Waals surface area contributed by atoms with Gasteiger partial charge in [0.15, 0.2) is 0 Å². The number of amides is 1. The Hall–Kier alpha value is -0.650. The maximum absolute atomic E-state index is 11.1. The van der Waals surface area contributed by atoms with Gasteiger partial charge in [0, 0.05) is 46.2 Å². The summed E-state index contributed by atoms with van der Waals surface area (Å²) in [7, 11) is 1.83. The molecule has 1 saturated heterocycles. The van der Waals surface area contributed by atoms with E-state index < -0.39 is 0 Å². The number of aliphatic hydroxyl groups excluding tert-OH is 1. The van der Waals surface area contributed by atoms with Crippen LogP contribution in [0, 0.1) is 0 Å². The molecule has 1 aliphatic heterocycles. The van der Waals surface area contributed by atoms with Crippen LogP contribution in [-0.4, -0.2) is 73.2 Å². The van der Waals surface area contributed by atoms with Crippen molar-refractivity contribution in [2.45, 2.75) is 13.0 Å². The average Bonchev–Trinajstić information content (AvgIpc) is 2.18. The molecule has 1 amide bonds. The summed E-state index contributed by atoms with van der Waals surface area (Å²) < 4.78 is 0. The van der Waals surface area contributed by atoms with Gasteiger partial charge < -0.3 is 15.3 Å². The lowest BCUT2D eigenvalue weighted by Gasteiger charge is -2.35. The van der Waals surface area contributed by atoms with Crippen LogP contribution in [0.1, 0.15) is 6.92 Å². The third kappa shape index (κ3) is 4.15. The largest absolute Gasteiger partial charge is 0.390 e. The lowest BCUT2D eigenvalue weighted by atomic mass is 10.2. The molecular formula is C10H21N3O2. The molecule has 0 aliphatic carbocycles. The van der Waals surface area contributed by atoms with Crippen LogP contribution >= 0.6 is 0 Å². The first-order chi connectivity index (χ1) is 7.13. The van der Waals surface area contributed by atoms with Crippen LogP contribution in [0.5, 0.6) is 0 Å². The van der Waals surface area contributed by atoms with Crippen LogP contribution in [0.15, 0.2) is 0 Å². The van der Waals surface area contributed by atoms with E-state index in [4.69, 9.17) is 0 Å².